The van der Waals surface area contributed by atoms with Gasteiger partial charge in [0.15, 0.2) is 0 Å². The van der Waals surface area contributed by atoms with Gasteiger partial charge in [0.05, 0.1) is 5.43 Å². The summed E-state index contributed by atoms with van der Waals surface area (Å²) in [5.41, 5.74) is 1.96. The van der Waals surface area contributed by atoms with Gasteiger partial charge in [-0.2, -0.15) is 12.1 Å². The van der Waals surface area contributed by atoms with E-state index in [0.29, 0.717) is 5.41 Å². The van der Waals surface area contributed by atoms with Crippen LogP contribution in [0.1, 0.15) is 5.56 Å². The summed E-state index contributed by atoms with van der Waals surface area (Å²) in [6, 6.07) is 10.1. The van der Waals surface area contributed by atoms with Crippen molar-refractivity contribution < 1.29 is 63.7 Å². The van der Waals surface area contributed by atoms with E-state index in [0.717, 1.165) is 17.8 Å². The fraction of sp³-hybridized carbons (Fsp3) is 0.364. The molecule has 5 rings (SSSR count). The summed E-state index contributed by atoms with van der Waals surface area (Å²) >= 11 is 0. The molecule has 4 aliphatic carbocycles. The van der Waals surface area contributed by atoms with Gasteiger partial charge in [-0.15, -0.1) is 23.8 Å². The summed E-state index contributed by atoms with van der Waals surface area (Å²) in [6.45, 7) is 0. The van der Waals surface area contributed by atoms with Crippen LogP contribution in [0.25, 0.3) is 0 Å². The van der Waals surface area contributed by atoms with Crippen LogP contribution in [0.3, 0.4) is 0 Å². The smallest absolute Gasteiger partial charge is 0.870 e. The van der Waals surface area contributed by atoms with Crippen LogP contribution in [0.4, 0.5) is 0 Å². The fourth-order valence-electron chi connectivity index (χ4n) is 2.70. The third-order valence-electron chi connectivity index (χ3n) is 3.75. The second-order valence-corrected chi connectivity index (χ2v) is 4.14. The molecular formula is C11H8O2Rb-. The molecule has 0 bridgehead atoms. The molecule has 1 N–H and O–H groups in total. The Kier molecular flexibility index (Phi) is 2.45. The molecule has 0 heterocycles. The van der Waals surface area contributed by atoms with Crippen LogP contribution in [0.2, 0.25) is 0 Å². The quantitative estimate of drug-likeness (QED) is 0.536. The van der Waals surface area contributed by atoms with E-state index in [1.54, 1.807) is 12.1 Å². The van der Waals surface area contributed by atoms with Gasteiger partial charge in [0.25, 0.3) is 0 Å². The van der Waals surface area contributed by atoms with Gasteiger partial charge in [0.1, 0.15) is 0 Å². The van der Waals surface area contributed by atoms with E-state index < -0.39 is 0 Å². The van der Waals surface area contributed by atoms with Crippen molar-refractivity contribution in [2.75, 3.05) is 0 Å². The van der Waals surface area contributed by atoms with Gasteiger partial charge < -0.3 is 10.3 Å². The first-order valence-corrected chi connectivity index (χ1v) is 4.39. The first kappa shape index (κ1) is 11.1. The molecule has 0 amide bonds. The maximum absolute atomic E-state index is 10.9. The van der Waals surface area contributed by atoms with Crippen LogP contribution in [0, 0.1) is 23.8 Å². The van der Waals surface area contributed by atoms with Crippen molar-refractivity contribution >= 4 is 0 Å². The predicted molar refractivity (Wildman–Crippen MR) is 45.6 cm³/mol. The zero-order valence-electron chi connectivity index (χ0n) is 7.90. The normalized spacial score (nSPS) is 42.4. The molecule has 2 nitrogen and oxygen atoms in total. The Balaban J connectivity index is 0.000000375. The maximum atomic E-state index is 10.9. The Hall–Kier alpha value is 0.655. The second kappa shape index (κ2) is 3.08. The Morgan fingerprint density at radius 2 is 1.79 bits per heavy atom. The molecule has 1 aromatic carbocycles. The maximum Gasteiger partial charge on any atom is 1.00 e. The van der Waals surface area contributed by atoms with Crippen molar-refractivity contribution in [3.8, 4) is 0 Å². The Morgan fingerprint density at radius 3 is 2.36 bits per heavy atom. The van der Waals surface area contributed by atoms with Crippen molar-refractivity contribution in [3.63, 3.8) is 0 Å². The zero-order chi connectivity index (χ0) is 7.92. The molecular weight excluding hydrogens is 250 g/mol. The number of hydrogen-bond donors (Lipinski definition) is 0. The molecule has 0 spiro atoms. The standard InChI is InChI=1S/C11H7O.H2O.Rb/c12-7-3-1-2-6(4-5-7)11-8-9(11)10(8)11;;/h1-2,4-5,8-10H;1H2;/q-1;;+1/p-1. The van der Waals surface area contributed by atoms with Crippen molar-refractivity contribution in [3.05, 3.63) is 46.1 Å². The molecule has 0 radical (unpaired) electrons. The minimum atomic E-state index is -0.00880. The monoisotopic (exact) mass is 257 g/mol. The first-order chi connectivity index (χ1) is 5.87. The van der Waals surface area contributed by atoms with Crippen LogP contribution in [-0.4, -0.2) is 5.48 Å². The largest absolute Gasteiger partial charge is 1.00 e. The zero-order valence-corrected chi connectivity index (χ0v) is 12.8. The minimum absolute atomic E-state index is 0. The average molecular weight is 258 g/mol. The Morgan fingerprint density at radius 1 is 1.14 bits per heavy atom. The van der Waals surface area contributed by atoms with Crippen molar-refractivity contribution in [1.82, 2.24) is 0 Å². The fourth-order valence-corrected chi connectivity index (χ4v) is 2.70. The summed E-state index contributed by atoms with van der Waals surface area (Å²) in [5.74, 6) is 3.07. The van der Waals surface area contributed by atoms with E-state index in [2.05, 4.69) is 12.1 Å². The second-order valence-electron chi connectivity index (χ2n) is 4.14. The summed E-state index contributed by atoms with van der Waals surface area (Å²) < 4.78 is 0. The van der Waals surface area contributed by atoms with Gasteiger partial charge in [-0.1, -0.05) is 0 Å². The number of hydrogen-bond acceptors (Lipinski definition) is 2. The van der Waals surface area contributed by atoms with E-state index in [1.807, 2.05) is 6.07 Å². The van der Waals surface area contributed by atoms with Crippen LogP contribution >= 0.6 is 0 Å². The molecule has 0 unspecified atom stereocenters. The van der Waals surface area contributed by atoms with Gasteiger partial charge in [-0.25, -0.2) is 0 Å². The van der Waals surface area contributed by atoms with Gasteiger partial charge >= 0.3 is 58.2 Å². The summed E-state index contributed by atoms with van der Waals surface area (Å²) in [6.07, 6.45) is 0. The van der Waals surface area contributed by atoms with Gasteiger partial charge in [-0.3, -0.25) is 0 Å². The minimum Gasteiger partial charge on any atom is -0.870 e. The van der Waals surface area contributed by atoms with Crippen molar-refractivity contribution in [1.29, 1.82) is 0 Å². The Bertz CT molecular complexity index is 429. The van der Waals surface area contributed by atoms with Gasteiger partial charge in [0.2, 0.25) is 0 Å². The average Bonchev–Trinajstić information content (AvgIpc) is 2.90. The van der Waals surface area contributed by atoms with Crippen LogP contribution in [-0.2, 0) is 5.41 Å². The molecule has 4 saturated carbocycles. The van der Waals surface area contributed by atoms with E-state index in [-0.39, 0.29) is 69.1 Å². The van der Waals surface area contributed by atoms with E-state index >= 15 is 0 Å². The molecule has 0 aromatic heterocycles. The summed E-state index contributed by atoms with van der Waals surface area (Å²) in [4.78, 5) is 10.9. The Labute approximate surface area is 131 Å². The van der Waals surface area contributed by atoms with Crippen LogP contribution in [0.15, 0.2) is 29.1 Å². The SMILES string of the molecule is O=c1[c-]ccc(C23C4C2C43)cc1.[OH-].[Rb+]. The molecule has 0 saturated heterocycles. The third-order valence-corrected chi connectivity index (χ3v) is 3.75. The van der Waals surface area contributed by atoms with Crippen molar-refractivity contribution in [2.24, 2.45) is 17.8 Å². The molecule has 4 aliphatic rings. The summed E-state index contributed by atoms with van der Waals surface area (Å²) in [7, 11) is 0. The van der Waals surface area contributed by atoms with Gasteiger partial charge in [-0.05, 0) is 23.2 Å². The molecule has 4 fully saturated rings. The molecule has 14 heavy (non-hydrogen) atoms. The van der Waals surface area contributed by atoms with Gasteiger partial charge in [0, 0.05) is 0 Å². The summed E-state index contributed by atoms with van der Waals surface area (Å²) in [5, 5.41) is 0. The number of rotatable bonds is 1. The van der Waals surface area contributed by atoms with E-state index in [1.165, 1.54) is 5.56 Å². The molecule has 3 heteroatoms. The predicted octanol–water partition coefficient (Wildman–Crippen LogP) is -2.20. The van der Waals surface area contributed by atoms with Crippen molar-refractivity contribution in [2.45, 2.75) is 5.41 Å². The first-order valence-electron chi connectivity index (χ1n) is 4.39. The molecule has 0 atom stereocenters. The molecule has 0 aliphatic heterocycles. The molecule has 1 aromatic rings. The van der Waals surface area contributed by atoms with E-state index in [4.69, 9.17) is 0 Å². The third kappa shape index (κ3) is 1.09. The van der Waals surface area contributed by atoms with E-state index in [9.17, 15) is 4.79 Å². The topological polar surface area (TPSA) is 47.1 Å². The van der Waals surface area contributed by atoms with Crippen LogP contribution in [0.5, 0.6) is 0 Å². The molecule has 66 valence electrons. The van der Waals surface area contributed by atoms with Crippen LogP contribution < -0.4 is 63.6 Å².